The van der Waals surface area contributed by atoms with E-state index in [0.29, 0.717) is 0 Å². The molecule has 18 heavy (non-hydrogen) atoms. The summed E-state index contributed by atoms with van der Waals surface area (Å²) < 4.78 is 0. The Bertz CT molecular complexity index is 359. The quantitative estimate of drug-likeness (QED) is 0.805. The van der Waals surface area contributed by atoms with Crippen LogP contribution in [0.2, 0.25) is 0 Å². The van der Waals surface area contributed by atoms with Crippen molar-refractivity contribution in [1.29, 1.82) is 0 Å². The first-order chi connectivity index (χ1) is 8.92. The van der Waals surface area contributed by atoms with E-state index in [9.17, 15) is 0 Å². The van der Waals surface area contributed by atoms with Gasteiger partial charge in [0.05, 0.1) is 0 Å². The number of hydrogen-bond acceptors (Lipinski definition) is 2. The molecule has 98 valence electrons. The number of benzene rings is 1. The maximum Gasteiger partial charge on any atom is 0.0366 e. The van der Waals surface area contributed by atoms with E-state index in [1.165, 1.54) is 69.5 Å². The maximum absolute atomic E-state index is 2.57. The summed E-state index contributed by atoms with van der Waals surface area (Å²) in [6, 6.07) is 9.28. The zero-order valence-electron chi connectivity index (χ0n) is 11.3. The summed E-state index contributed by atoms with van der Waals surface area (Å²) >= 11 is 0. The summed E-state index contributed by atoms with van der Waals surface area (Å²) in [4.78, 5) is 5.10. The molecule has 2 fully saturated rings. The van der Waals surface area contributed by atoms with Crippen LogP contribution >= 0.6 is 0 Å². The molecule has 2 aliphatic rings. The van der Waals surface area contributed by atoms with Crippen molar-refractivity contribution in [3.63, 3.8) is 0 Å². The Kier molecular flexibility index (Phi) is 3.84. The molecule has 2 nitrogen and oxygen atoms in total. The lowest BCUT2D eigenvalue weighted by molar-refractivity contribution is 0.331. The fourth-order valence-corrected chi connectivity index (χ4v) is 3.16. The van der Waals surface area contributed by atoms with Gasteiger partial charge in [0.15, 0.2) is 0 Å². The van der Waals surface area contributed by atoms with Crippen LogP contribution in [0.15, 0.2) is 24.3 Å². The van der Waals surface area contributed by atoms with E-state index in [4.69, 9.17) is 0 Å². The van der Waals surface area contributed by atoms with Crippen molar-refractivity contribution in [2.45, 2.75) is 38.6 Å². The molecular weight excluding hydrogens is 220 g/mol. The third kappa shape index (κ3) is 2.86. The summed E-state index contributed by atoms with van der Waals surface area (Å²) in [5, 5.41) is 0. The molecule has 2 heterocycles. The van der Waals surface area contributed by atoms with Gasteiger partial charge in [-0.2, -0.15) is 0 Å². The Morgan fingerprint density at radius 1 is 0.722 bits per heavy atom. The molecule has 0 aliphatic carbocycles. The number of likely N-dealkylation sites (tertiary alicyclic amines) is 1. The number of nitrogens with zero attached hydrogens (tertiary/aromatic N) is 2. The fourth-order valence-electron chi connectivity index (χ4n) is 3.16. The highest BCUT2D eigenvalue weighted by Crippen LogP contribution is 2.21. The number of rotatable bonds is 3. The fraction of sp³-hybridized carbons (Fsp3) is 0.625. The van der Waals surface area contributed by atoms with Crippen LogP contribution in [0.3, 0.4) is 0 Å². The van der Waals surface area contributed by atoms with Crippen molar-refractivity contribution in [3.8, 4) is 0 Å². The Hall–Kier alpha value is -1.02. The molecule has 0 saturated carbocycles. The van der Waals surface area contributed by atoms with Gasteiger partial charge in [-0.05, 0) is 62.9 Å². The normalized spacial score (nSPS) is 21.4. The molecule has 2 heteroatoms. The maximum atomic E-state index is 2.57. The number of anilines is 1. The molecule has 0 atom stereocenters. The van der Waals surface area contributed by atoms with Gasteiger partial charge in [0.2, 0.25) is 0 Å². The molecule has 0 spiro atoms. The average molecular weight is 244 g/mol. The van der Waals surface area contributed by atoms with E-state index in [2.05, 4.69) is 34.1 Å². The monoisotopic (exact) mass is 244 g/mol. The van der Waals surface area contributed by atoms with Gasteiger partial charge in [-0.25, -0.2) is 0 Å². The lowest BCUT2D eigenvalue weighted by atomic mass is 10.1. The highest BCUT2D eigenvalue weighted by Gasteiger charge is 2.13. The predicted octanol–water partition coefficient (Wildman–Crippen LogP) is 3.27. The summed E-state index contributed by atoms with van der Waals surface area (Å²) in [7, 11) is 0. The van der Waals surface area contributed by atoms with Crippen molar-refractivity contribution in [3.05, 3.63) is 29.8 Å². The molecule has 0 N–H and O–H groups in total. The molecule has 0 radical (unpaired) electrons. The highest BCUT2D eigenvalue weighted by atomic mass is 15.1. The van der Waals surface area contributed by atoms with Crippen molar-refractivity contribution >= 4 is 5.69 Å². The topological polar surface area (TPSA) is 6.48 Å². The van der Waals surface area contributed by atoms with Crippen molar-refractivity contribution in [1.82, 2.24) is 4.90 Å². The molecule has 0 unspecified atom stereocenters. The highest BCUT2D eigenvalue weighted by molar-refractivity contribution is 5.47. The van der Waals surface area contributed by atoms with Gasteiger partial charge in [-0.1, -0.05) is 12.1 Å². The number of piperidine rings is 1. The van der Waals surface area contributed by atoms with Crippen molar-refractivity contribution in [2.24, 2.45) is 0 Å². The summed E-state index contributed by atoms with van der Waals surface area (Å²) in [6.07, 6.45) is 6.88. The van der Waals surface area contributed by atoms with Gasteiger partial charge in [0, 0.05) is 25.3 Å². The minimum absolute atomic E-state index is 1.14. The third-order valence-electron chi connectivity index (χ3n) is 4.26. The lowest BCUT2D eigenvalue weighted by Gasteiger charge is -2.29. The molecular formula is C16H24N2. The Morgan fingerprint density at radius 3 is 2.00 bits per heavy atom. The number of hydrogen-bond donors (Lipinski definition) is 0. The van der Waals surface area contributed by atoms with Gasteiger partial charge in [0.1, 0.15) is 0 Å². The van der Waals surface area contributed by atoms with E-state index in [1.54, 1.807) is 0 Å². The van der Waals surface area contributed by atoms with Gasteiger partial charge >= 0.3 is 0 Å². The lowest BCUT2D eigenvalue weighted by Crippen LogP contribution is -2.29. The van der Waals surface area contributed by atoms with Crippen molar-refractivity contribution in [2.75, 3.05) is 31.1 Å². The molecule has 3 rings (SSSR count). The largest absolute Gasteiger partial charge is 0.372 e. The van der Waals surface area contributed by atoms with Gasteiger partial charge in [0.25, 0.3) is 0 Å². The molecule has 1 aromatic carbocycles. The van der Waals surface area contributed by atoms with Crippen LogP contribution in [-0.4, -0.2) is 31.1 Å². The van der Waals surface area contributed by atoms with Crippen LogP contribution in [-0.2, 0) is 6.54 Å². The van der Waals surface area contributed by atoms with E-state index in [0.717, 1.165) is 6.54 Å². The zero-order valence-corrected chi connectivity index (χ0v) is 11.3. The van der Waals surface area contributed by atoms with E-state index < -0.39 is 0 Å². The molecule has 0 aromatic heterocycles. The third-order valence-corrected chi connectivity index (χ3v) is 4.26. The molecule has 1 aromatic rings. The van der Waals surface area contributed by atoms with Crippen LogP contribution in [0.4, 0.5) is 5.69 Å². The van der Waals surface area contributed by atoms with E-state index in [-0.39, 0.29) is 0 Å². The average Bonchev–Trinajstić information content (AvgIpc) is 2.94. The standard InChI is InChI=1S/C16H24N2/c1-2-12-18(13-3-1)16-8-6-15(7-9-16)14-17-10-4-5-11-17/h6-9H,1-5,10-14H2. The Balaban J connectivity index is 1.60. The van der Waals surface area contributed by atoms with E-state index in [1.807, 2.05) is 0 Å². The van der Waals surface area contributed by atoms with Crippen molar-refractivity contribution < 1.29 is 0 Å². The minimum Gasteiger partial charge on any atom is -0.372 e. The Morgan fingerprint density at radius 2 is 1.33 bits per heavy atom. The van der Waals surface area contributed by atoms with Crippen LogP contribution in [0, 0.1) is 0 Å². The molecule has 2 saturated heterocycles. The second-order valence-electron chi connectivity index (χ2n) is 5.70. The predicted molar refractivity (Wildman–Crippen MR) is 77.0 cm³/mol. The SMILES string of the molecule is c1cc(N2CCCCC2)ccc1CN1CCCC1. The smallest absolute Gasteiger partial charge is 0.0366 e. The van der Waals surface area contributed by atoms with Gasteiger partial charge < -0.3 is 4.90 Å². The van der Waals surface area contributed by atoms with Crippen LogP contribution in [0.1, 0.15) is 37.7 Å². The summed E-state index contributed by atoms with van der Waals surface area (Å²) in [5.74, 6) is 0. The Labute approximate surface area is 111 Å². The van der Waals surface area contributed by atoms with E-state index >= 15 is 0 Å². The second-order valence-corrected chi connectivity index (χ2v) is 5.70. The first-order valence-electron chi connectivity index (χ1n) is 7.48. The zero-order chi connectivity index (χ0) is 12.2. The van der Waals surface area contributed by atoms with Crippen LogP contribution < -0.4 is 4.90 Å². The summed E-state index contributed by atoms with van der Waals surface area (Å²) in [6.45, 7) is 6.19. The van der Waals surface area contributed by atoms with Gasteiger partial charge in [-0.15, -0.1) is 0 Å². The van der Waals surface area contributed by atoms with Crippen LogP contribution in [0.5, 0.6) is 0 Å². The summed E-state index contributed by atoms with van der Waals surface area (Å²) in [5.41, 5.74) is 2.89. The van der Waals surface area contributed by atoms with Gasteiger partial charge in [-0.3, -0.25) is 4.90 Å². The molecule has 0 bridgehead atoms. The molecule has 2 aliphatic heterocycles. The minimum atomic E-state index is 1.14. The van der Waals surface area contributed by atoms with Crippen LogP contribution in [0.25, 0.3) is 0 Å². The second kappa shape index (κ2) is 5.75. The molecule has 0 amide bonds. The first kappa shape index (κ1) is 12.0. The first-order valence-corrected chi connectivity index (χ1v) is 7.48.